The predicted molar refractivity (Wildman–Crippen MR) is 56.9 cm³/mol. The van der Waals surface area contributed by atoms with Gasteiger partial charge in [0.1, 0.15) is 0 Å². The summed E-state index contributed by atoms with van der Waals surface area (Å²) in [6, 6.07) is 4.05. The minimum absolute atomic E-state index is 0.115. The molecule has 1 heterocycles. The number of pyridine rings is 1. The third-order valence-electron chi connectivity index (χ3n) is 2.56. The Bertz CT molecular complexity index is 251. The average molecular weight is 194 g/mol. The van der Waals surface area contributed by atoms with Crippen LogP contribution in [0.4, 0.5) is 0 Å². The molecule has 0 fully saturated rings. The first kappa shape index (κ1) is 11.1. The van der Waals surface area contributed by atoms with Crippen LogP contribution in [0.1, 0.15) is 31.2 Å². The lowest BCUT2D eigenvalue weighted by atomic mass is 9.88. The Morgan fingerprint density at radius 3 is 2.57 bits per heavy atom. The summed E-state index contributed by atoms with van der Waals surface area (Å²) in [5.41, 5.74) is 7.17. The van der Waals surface area contributed by atoms with Crippen LogP contribution in [0.25, 0.3) is 0 Å². The Kier molecular flexibility index (Phi) is 4.56. The summed E-state index contributed by atoms with van der Waals surface area (Å²) in [6.07, 6.45) is 5.18. The zero-order chi connectivity index (χ0) is 10.4. The molecule has 0 bridgehead atoms. The van der Waals surface area contributed by atoms with Crippen LogP contribution in [-0.4, -0.2) is 22.7 Å². The van der Waals surface area contributed by atoms with Crippen LogP contribution in [0, 0.1) is 0 Å². The number of aromatic nitrogens is 1. The van der Waals surface area contributed by atoms with Gasteiger partial charge in [-0.1, -0.05) is 6.92 Å². The Labute approximate surface area is 85.0 Å². The van der Waals surface area contributed by atoms with Crippen LogP contribution >= 0.6 is 0 Å². The molecule has 1 aromatic rings. The zero-order valence-corrected chi connectivity index (χ0v) is 8.56. The van der Waals surface area contributed by atoms with Crippen molar-refractivity contribution in [2.75, 3.05) is 6.61 Å². The Morgan fingerprint density at radius 2 is 2.07 bits per heavy atom. The summed E-state index contributed by atoms with van der Waals surface area (Å²) >= 11 is 0. The van der Waals surface area contributed by atoms with Crippen LogP contribution in [-0.2, 0) is 0 Å². The van der Waals surface area contributed by atoms with Gasteiger partial charge in [-0.05, 0) is 30.5 Å². The molecule has 2 unspecified atom stereocenters. The van der Waals surface area contributed by atoms with Crippen molar-refractivity contribution in [1.82, 2.24) is 4.98 Å². The highest BCUT2D eigenvalue weighted by Gasteiger charge is 2.17. The van der Waals surface area contributed by atoms with Gasteiger partial charge < -0.3 is 10.8 Å². The van der Waals surface area contributed by atoms with Gasteiger partial charge in [-0.3, -0.25) is 4.98 Å². The highest BCUT2D eigenvalue weighted by molar-refractivity contribution is 5.17. The van der Waals surface area contributed by atoms with Crippen molar-refractivity contribution in [3.8, 4) is 0 Å². The molecule has 0 spiro atoms. The standard InChI is InChI=1S/C11H18N2O/c1-2-11(12)10(5-8-14)9-3-6-13-7-4-9/h3-4,6-7,10-11,14H,2,5,8,12H2,1H3. The van der Waals surface area contributed by atoms with E-state index in [0.717, 1.165) is 12.8 Å². The van der Waals surface area contributed by atoms with Crippen molar-refractivity contribution in [2.45, 2.75) is 31.7 Å². The fourth-order valence-electron chi connectivity index (χ4n) is 1.66. The molecule has 2 atom stereocenters. The quantitative estimate of drug-likeness (QED) is 0.742. The van der Waals surface area contributed by atoms with Gasteiger partial charge in [0.05, 0.1) is 0 Å². The molecule has 0 amide bonds. The molecule has 14 heavy (non-hydrogen) atoms. The Hall–Kier alpha value is -0.930. The van der Waals surface area contributed by atoms with Crippen LogP contribution in [0.3, 0.4) is 0 Å². The fraction of sp³-hybridized carbons (Fsp3) is 0.545. The predicted octanol–water partition coefficient (Wildman–Crippen LogP) is 1.28. The Morgan fingerprint density at radius 1 is 1.43 bits per heavy atom. The van der Waals surface area contributed by atoms with Crippen molar-refractivity contribution in [1.29, 1.82) is 0 Å². The molecule has 0 radical (unpaired) electrons. The van der Waals surface area contributed by atoms with Crippen molar-refractivity contribution in [3.05, 3.63) is 30.1 Å². The molecule has 3 N–H and O–H groups in total. The second-order valence-corrected chi connectivity index (χ2v) is 3.47. The summed E-state index contributed by atoms with van der Waals surface area (Å²) in [4.78, 5) is 3.97. The van der Waals surface area contributed by atoms with E-state index in [-0.39, 0.29) is 18.6 Å². The second kappa shape index (κ2) is 5.73. The summed E-state index contributed by atoms with van der Waals surface area (Å²) in [7, 11) is 0. The van der Waals surface area contributed by atoms with Crippen LogP contribution in [0.15, 0.2) is 24.5 Å². The molecule has 1 aromatic heterocycles. The SMILES string of the molecule is CCC(N)C(CCO)c1ccncc1. The monoisotopic (exact) mass is 194 g/mol. The minimum atomic E-state index is 0.115. The van der Waals surface area contributed by atoms with Gasteiger partial charge >= 0.3 is 0 Å². The van der Waals surface area contributed by atoms with E-state index in [2.05, 4.69) is 11.9 Å². The third kappa shape index (κ3) is 2.79. The number of hydrogen-bond acceptors (Lipinski definition) is 3. The molecule has 0 aliphatic carbocycles. The van der Waals surface area contributed by atoms with Crippen LogP contribution in [0.5, 0.6) is 0 Å². The zero-order valence-electron chi connectivity index (χ0n) is 8.56. The third-order valence-corrected chi connectivity index (χ3v) is 2.56. The maximum atomic E-state index is 8.97. The van der Waals surface area contributed by atoms with Gasteiger partial charge in [0, 0.05) is 31.0 Å². The fourth-order valence-corrected chi connectivity index (χ4v) is 1.66. The lowest BCUT2D eigenvalue weighted by Gasteiger charge is -2.22. The number of nitrogens with two attached hydrogens (primary N) is 1. The van der Waals surface area contributed by atoms with Gasteiger partial charge in [0.2, 0.25) is 0 Å². The molecule has 78 valence electrons. The van der Waals surface area contributed by atoms with Gasteiger partial charge in [-0.25, -0.2) is 0 Å². The first-order chi connectivity index (χ1) is 6.79. The van der Waals surface area contributed by atoms with E-state index in [1.807, 2.05) is 12.1 Å². The van der Waals surface area contributed by atoms with E-state index >= 15 is 0 Å². The number of aliphatic hydroxyl groups is 1. The second-order valence-electron chi connectivity index (χ2n) is 3.47. The summed E-state index contributed by atoms with van der Waals surface area (Å²) in [6.45, 7) is 2.25. The summed E-state index contributed by atoms with van der Waals surface area (Å²) in [5.74, 6) is 0.244. The number of aliphatic hydroxyl groups excluding tert-OH is 1. The van der Waals surface area contributed by atoms with Crippen LogP contribution < -0.4 is 5.73 Å². The number of hydrogen-bond donors (Lipinski definition) is 2. The maximum absolute atomic E-state index is 8.97. The molecule has 0 aliphatic rings. The molecule has 0 aromatic carbocycles. The molecule has 0 saturated heterocycles. The summed E-state index contributed by atoms with van der Waals surface area (Å²) < 4.78 is 0. The van der Waals surface area contributed by atoms with Crippen molar-refractivity contribution >= 4 is 0 Å². The van der Waals surface area contributed by atoms with Crippen LogP contribution in [0.2, 0.25) is 0 Å². The molecule has 0 aliphatic heterocycles. The molecular weight excluding hydrogens is 176 g/mol. The lowest BCUT2D eigenvalue weighted by Crippen LogP contribution is -2.28. The van der Waals surface area contributed by atoms with Crippen molar-refractivity contribution in [2.24, 2.45) is 5.73 Å². The first-order valence-electron chi connectivity index (χ1n) is 5.06. The molecule has 3 nitrogen and oxygen atoms in total. The molecular formula is C11H18N2O. The van der Waals surface area contributed by atoms with Gasteiger partial charge in [-0.15, -0.1) is 0 Å². The topological polar surface area (TPSA) is 59.1 Å². The van der Waals surface area contributed by atoms with E-state index in [1.54, 1.807) is 12.4 Å². The highest BCUT2D eigenvalue weighted by Crippen LogP contribution is 2.22. The van der Waals surface area contributed by atoms with E-state index in [0.29, 0.717) is 0 Å². The number of rotatable bonds is 5. The first-order valence-corrected chi connectivity index (χ1v) is 5.06. The Balaban J connectivity index is 2.77. The molecule has 3 heteroatoms. The maximum Gasteiger partial charge on any atom is 0.0437 e. The largest absolute Gasteiger partial charge is 0.396 e. The van der Waals surface area contributed by atoms with Gasteiger partial charge in [-0.2, -0.15) is 0 Å². The normalized spacial score (nSPS) is 15.1. The minimum Gasteiger partial charge on any atom is -0.396 e. The van der Waals surface area contributed by atoms with Crippen molar-refractivity contribution in [3.63, 3.8) is 0 Å². The molecule has 0 saturated carbocycles. The lowest BCUT2D eigenvalue weighted by molar-refractivity contribution is 0.266. The smallest absolute Gasteiger partial charge is 0.0437 e. The van der Waals surface area contributed by atoms with E-state index < -0.39 is 0 Å². The number of nitrogens with zero attached hydrogens (tertiary/aromatic N) is 1. The van der Waals surface area contributed by atoms with Gasteiger partial charge in [0.25, 0.3) is 0 Å². The van der Waals surface area contributed by atoms with Gasteiger partial charge in [0.15, 0.2) is 0 Å². The van der Waals surface area contributed by atoms with E-state index in [1.165, 1.54) is 5.56 Å². The van der Waals surface area contributed by atoms with E-state index in [4.69, 9.17) is 10.8 Å². The summed E-state index contributed by atoms with van der Waals surface area (Å²) in [5, 5.41) is 8.97. The average Bonchev–Trinajstić information content (AvgIpc) is 2.26. The van der Waals surface area contributed by atoms with Crippen molar-refractivity contribution < 1.29 is 5.11 Å². The molecule has 1 rings (SSSR count). The van der Waals surface area contributed by atoms with E-state index in [9.17, 15) is 0 Å². The highest BCUT2D eigenvalue weighted by atomic mass is 16.3.